The van der Waals surface area contributed by atoms with Crippen molar-refractivity contribution in [2.75, 3.05) is 18.0 Å². The average molecular weight is 475 g/mol. The number of pyridine rings is 2. The zero-order chi connectivity index (χ0) is 23.7. The van der Waals surface area contributed by atoms with Crippen LogP contribution in [-0.2, 0) is 0 Å². The Labute approximate surface area is 201 Å². The second kappa shape index (κ2) is 9.29. The van der Waals surface area contributed by atoms with Gasteiger partial charge in [0.05, 0.1) is 23.2 Å². The lowest BCUT2D eigenvalue weighted by molar-refractivity contribution is 0.0942. The molecule has 1 aliphatic rings. The summed E-state index contributed by atoms with van der Waals surface area (Å²) in [5.41, 5.74) is 2.04. The quantitative estimate of drug-likeness (QED) is 0.410. The van der Waals surface area contributed by atoms with Crippen LogP contribution in [0.4, 0.5) is 5.82 Å². The maximum atomic E-state index is 13.3. The maximum absolute atomic E-state index is 13.3. The summed E-state index contributed by atoms with van der Waals surface area (Å²) in [7, 11) is 0. The normalized spacial score (nSPS) is 16.5. The van der Waals surface area contributed by atoms with Crippen molar-refractivity contribution in [3.8, 4) is 0 Å². The van der Waals surface area contributed by atoms with Crippen LogP contribution >= 0.6 is 11.6 Å². The van der Waals surface area contributed by atoms with E-state index in [1.54, 1.807) is 36.5 Å². The Morgan fingerprint density at radius 3 is 2.71 bits per heavy atom. The van der Waals surface area contributed by atoms with E-state index in [0.29, 0.717) is 40.0 Å². The Kier molecular flexibility index (Phi) is 6.04. The molecular formula is C26H23ClN4O3. The summed E-state index contributed by atoms with van der Waals surface area (Å²) in [5.74, 6) is 0.377. The molecule has 0 bridgehead atoms. The molecule has 3 heterocycles. The highest BCUT2D eigenvalue weighted by Crippen LogP contribution is 2.23. The van der Waals surface area contributed by atoms with E-state index >= 15 is 0 Å². The number of carbonyl (C=O) groups excluding carboxylic acids is 1. The predicted octanol–water partition coefficient (Wildman–Crippen LogP) is 3.67. The molecule has 172 valence electrons. The molecule has 2 atom stereocenters. The highest BCUT2D eigenvalue weighted by molar-refractivity contribution is 6.31. The number of benzene rings is 2. The lowest BCUT2D eigenvalue weighted by Gasteiger charge is -2.20. The number of H-pyrrole nitrogens is 1. The summed E-state index contributed by atoms with van der Waals surface area (Å²) in [4.78, 5) is 36.0. The number of β-amino-alcohol motifs (C(OH)–C–C–N with tert-alkyl or cyclic N) is 1. The van der Waals surface area contributed by atoms with Crippen LogP contribution in [0.1, 0.15) is 33.9 Å². The zero-order valence-electron chi connectivity index (χ0n) is 18.2. The van der Waals surface area contributed by atoms with Crippen molar-refractivity contribution < 1.29 is 9.90 Å². The van der Waals surface area contributed by atoms with E-state index in [4.69, 9.17) is 11.6 Å². The van der Waals surface area contributed by atoms with Gasteiger partial charge in [-0.15, -0.1) is 0 Å². The number of aliphatic hydroxyl groups excluding tert-OH is 1. The monoisotopic (exact) mass is 474 g/mol. The van der Waals surface area contributed by atoms with Crippen molar-refractivity contribution >= 4 is 34.2 Å². The molecule has 0 spiro atoms. The summed E-state index contributed by atoms with van der Waals surface area (Å²) in [5, 5.41) is 13.8. The Morgan fingerprint density at radius 1 is 1.18 bits per heavy atom. The van der Waals surface area contributed by atoms with Crippen LogP contribution < -0.4 is 15.6 Å². The molecule has 0 saturated carbocycles. The van der Waals surface area contributed by atoms with Crippen molar-refractivity contribution in [1.82, 2.24) is 15.3 Å². The second-order valence-electron chi connectivity index (χ2n) is 8.37. The molecule has 1 unspecified atom stereocenters. The number of carbonyl (C=O) groups is 1. The van der Waals surface area contributed by atoms with Gasteiger partial charge in [0.1, 0.15) is 5.82 Å². The number of hydrogen-bond acceptors (Lipinski definition) is 5. The molecule has 0 radical (unpaired) electrons. The number of aromatic nitrogens is 2. The smallest absolute Gasteiger partial charge is 0.253 e. The Morgan fingerprint density at radius 2 is 2.00 bits per heavy atom. The molecule has 5 rings (SSSR count). The van der Waals surface area contributed by atoms with Gasteiger partial charge in [-0.2, -0.15) is 0 Å². The molecule has 2 aromatic carbocycles. The zero-order valence-corrected chi connectivity index (χ0v) is 19.0. The van der Waals surface area contributed by atoms with Crippen molar-refractivity contribution in [1.29, 1.82) is 0 Å². The largest absolute Gasteiger partial charge is 0.391 e. The van der Waals surface area contributed by atoms with E-state index in [1.807, 2.05) is 35.2 Å². The molecule has 1 fully saturated rings. The highest BCUT2D eigenvalue weighted by atomic mass is 35.5. The van der Waals surface area contributed by atoms with E-state index in [-0.39, 0.29) is 17.4 Å². The molecular weight excluding hydrogens is 452 g/mol. The standard InChI is InChI=1S/C26H23ClN4O3/c27-18-7-8-20-22(12-18)28-14-21(25(20)33)24(16-4-2-1-3-5-16)30-26(34)17-6-9-23(29-13-17)31-11-10-19(32)15-31/h1-9,12-14,19,24,32H,10-11,15H2,(H,28,33)(H,30,34)/t19-,24?/m1/s1. The van der Waals surface area contributed by atoms with Gasteiger partial charge in [0.25, 0.3) is 5.91 Å². The van der Waals surface area contributed by atoms with Crippen molar-refractivity contribution in [3.63, 3.8) is 0 Å². The maximum Gasteiger partial charge on any atom is 0.253 e. The predicted molar refractivity (Wildman–Crippen MR) is 132 cm³/mol. The molecule has 1 aliphatic heterocycles. The summed E-state index contributed by atoms with van der Waals surface area (Å²) >= 11 is 6.07. The number of amides is 1. The number of halogens is 1. The number of fused-ring (bicyclic) bond motifs is 1. The summed E-state index contributed by atoms with van der Waals surface area (Å²) in [6.45, 7) is 1.26. The Hall–Kier alpha value is -3.68. The first-order valence-corrected chi connectivity index (χ1v) is 11.4. The first-order valence-electron chi connectivity index (χ1n) is 11.1. The van der Waals surface area contributed by atoms with Gasteiger partial charge in [-0.25, -0.2) is 4.98 Å². The molecule has 0 aliphatic carbocycles. The fraction of sp³-hybridized carbons (Fsp3) is 0.192. The van der Waals surface area contributed by atoms with Gasteiger partial charge in [-0.3, -0.25) is 9.59 Å². The second-order valence-corrected chi connectivity index (χ2v) is 8.81. The van der Waals surface area contributed by atoms with Crippen LogP contribution in [0.3, 0.4) is 0 Å². The fourth-order valence-corrected chi connectivity index (χ4v) is 4.45. The van der Waals surface area contributed by atoms with Gasteiger partial charge in [0, 0.05) is 41.5 Å². The molecule has 1 saturated heterocycles. The van der Waals surface area contributed by atoms with Crippen molar-refractivity contribution in [2.45, 2.75) is 18.6 Å². The summed E-state index contributed by atoms with van der Waals surface area (Å²) < 4.78 is 0. The van der Waals surface area contributed by atoms with E-state index in [2.05, 4.69) is 15.3 Å². The molecule has 2 aromatic heterocycles. The van der Waals surface area contributed by atoms with E-state index < -0.39 is 6.04 Å². The minimum atomic E-state index is -0.661. The van der Waals surface area contributed by atoms with Gasteiger partial charge in [0.15, 0.2) is 5.43 Å². The van der Waals surface area contributed by atoms with Crippen LogP contribution in [0.25, 0.3) is 10.9 Å². The first-order chi connectivity index (χ1) is 16.5. The van der Waals surface area contributed by atoms with Crippen LogP contribution in [0, 0.1) is 0 Å². The minimum Gasteiger partial charge on any atom is -0.391 e. The topological polar surface area (TPSA) is 98.3 Å². The molecule has 1 amide bonds. The van der Waals surface area contributed by atoms with Gasteiger partial charge in [-0.05, 0) is 42.3 Å². The molecule has 8 heteroatoms. The fourth-order valence-electron chi connectivity index (χ4n) is 4.28. The lowest BCUT2D eigenvalue weighted by Crippen LogP contribution is -2.32. The number of nitrogens with one attached hydrogen (secondary N) is 2. The van der Waals surface area contributed by atoms with Crippen molar-refractivity contribution in [2.24, 2.45) is 0 Å². The Balaban J connectivity index is 1.46. The molecule has 4 aromatic rings. The Bertz CT molecular complexity index is 1390. The first kappa shape index (κ1) is 22.1. The third-order valence-corrected chi connectivity index (χ3v) is 6.32. The number of anilines is 1. The third kappa shape index (κ3) is 4.40. The third-order valence-electron chi connectivity index (χ3n) is 6.09. The van der Waals surface area contributed by atoms with E-state index in [1.165, 1.54) is 6.20 Å². The number of hydrogen-bond donors (Lipinski definition) is 3. The number of aliphatic hydroxyl groups is 1. The van der Waals surface area contributed by atoms with Crippen molar-refractivity contribution in [3.05, 3.63) is 105 Å². The van der Waals surface area contributed by atoms with Gasteiger partial charge < -0.3 is 20.3 Å². The minimum absolute atomic E-state index is 0.180. The van der Waals surface area contributed by atoms with Gasteiger partial charge >= 0.3 is 0 Å². The van der Waals surface area contributed by atoms with Gasteiger partial charge in [-0.1, -0.05) is 41.9 Å². The lowest BCUT2D eigenvalue weighted by atomic mass is 9.98. The highest BCUT2D eigenvalue weighted by Gasteiger charge is 2.24. The van der Waals surface area contributed by atoms with E-state index in [0.717, 1.165) is 17.9 Å². The van der Waals surface area contributed by atoms with E-state index in [9.17, 15) is 14.7 Å². The van der Waals surface area contributed by atoms with Crippen LogP contribution in [0.5, 0.6) is 0 Å². The average Bonchev–Trinajstić information content (AvgIpc) is 3.30. The van der Waals surface area contributed by atoms with Crippen LogP contribution in [-0.4, -0.2) is 40.2 Å². The summed E-state index contributed by atoms with van der Waals surface area (Å²) in [6.07, 6.45) is 3.49. The molecule has 3 N–H and O–H groups in total. The molecule has 34 heavy (non-hydrogen) atoms. The van der Waals surface area contributed by atoms with Crippen LogP contribution in [0.2, 0.25) is 5.02 Å². The van der Waals surface area contributed by atoms with Gasteiger partial charge in [0.2, 0.25) is 0 Å². The number of aromatic amines is 1. The number of nitrogens with zero attached hydrogens (tertiary/aromatic N) is 2. The van der Waals surface area contributed by atoms with Crippen LogP contribution in [0.15, 0.2) is 77.9 Å². The molecule has 7 nitrogen and oxygen atoms in total. The number of rotatable bonds is 5. The summed E-state index contributed by atoms with van der Waals surface area (Å²) in [6, 6.07) is 17.2. The SMILES string of the molecule is O=C(NC(c1ccccc1)c1c[nH]c2cc(Cl)ccc2c1=O)c1ccc(N2CC[C@@H](O)C2)nc1.